The standard InChI is InChI=1S/C13H18N2O/c1-2-12-9-6-10-15(12)13(16)14-11-7-4-3-5-8-11/h3-5,7-8,12H,2,6,9-10H2,1H3,(H,14,16). The van der Waals surface area contributed by atoms with E-state index in [4.69, 9.17) is 0 Å². The number of hydrogen-bond acceptors (Lipinski definition) is 1. The fourth-order valence-corrected chi connectivity index (χ4v) is 2.24. The number of anilines is 1. The first-order valence-corrected chi connectivity index (χ1v) is 5.94. The molecule has 1 saturated heterocycles. The van der Waals surface area contributed by atoms with E-state index < -0.39 is 0 Å². The van der Waals surface area contributed by atoms with Gasteiger partial charge in [-0.2, -0.15) is 0 Å². The minimum absolute atomic E-state index is 0.0375. The molecule has 1 atom stereocenters. The van der Waals surface area contributed by atoms with Gasteiger partial charge in [0.25, 0.3) is 0 Å². The summed E-state index contributed by atoms with van der Waals surface area (Å²) in [5, 5.41) is 2.94. The van der Waals surface area contributed by atoms with Crippen LogP contribution in [0, 0.1) is 0 Å². The van der Waals surface area contributed by atoms with Crippen molar-refractivity contribution in [1.82, 2.24) is 4.90 Å². The molecule has 1 fully saturated rings. The van der Waals surface area contributed by atoms with Crippen molar-refractivity contribution in [3.8, 4) is 0 Å². The zero-order valence-corrected chi connectivity index (χ0v) is 9.65. The van der Waals surface area contributed by atoms with Crippen LogP contribution >= 0.6 is 0 Å². The molecule has 3 nitrogen and oxygen atoms in total. The van der Waals surface area contributed by atoms with Crippen LogP contribution in [0.4, 0.5) is 10.5 Å². The monoisotopic (exact) mass is 218 g/mol. The summed E-state index contributed by atoms with van der Waals surface area (Å²) >= 11 is 0. The molecule has 0 saturated carbocycles. The number of urea groups is 1. The highest BCUT2D eigenvalue weighted by Gasteiger charge is 2.26. The molecule has 1 aromatic rings. The quantitative estimate of drug-likeness (QED) is 0.812. The number of para-hydroxylation sites is 1. The summed E-state index contributed by atoms with van der Waals surface area (Å²) in [5.41, 5.74) is 0.870. The Balaban J connectivity index is 1.98. The summed E-state index contributed by atoms with van der Waals surface area (Å²) in [6.45, 7) is 3.02. The van der Waals surface area contributed by atoms with Gasteiger partial charge in [0, 0.05) is 18.3 Å². The summed E-state index contributed by atoms with van der Waals surface area (Å²) in [6, 6.07) is 10.1. The average molecular weight is 218 g/mol. The molecule has 2 rings (SSSR count). The molecular formula is C13H18N2O. The normalized spacial score (nSPS) is 19.8. The van der Waals surface area contributed by atoms with E-state index in [2.05, 4.69) is 12.2 Å². The lowest BCUT2D eigenvalue weighted by molar-refractivity contribution is 0.205. The lowest BCUT2D eigenvalue weighted by Gasteiger charge is -2.23. The smallest absolute Gasteiger partial charge is 0.322 e. The number of rotatable bonds is 2. The number of nitrogens with one attached hydrogen (secondary N) is 1. The molecule has 16 heavy (non-hydrogen) atoms. The van der Waals surface area contributed by atoms with Crippen molar-refractivity contribution < 1.29 is 4.79 Å². The summed E-state index contributed by atoms with van der Waals surface area (Å²) in [6.07, 6.45) is 3.31. The van der Waals surface area contributed by atoms with E-state index in [9.17, 15) is 4.79 Å². The maximum Gasteiger partial charge on any atom is 0.322 e. The number of benzene rings is 1. The molecule has 0 aromatic heterocycles. The van der Waals surface area contributed by atoms with Crippen LogP contribution in [0.2, 0.25) is 0 Å². The highest BCUT2D eigenvalue weighted by atomic mass is 16.2. The first-order valence-electron chi connectivity index (χ1n) is 5.94. The van der Waals surface area contributed by atoms with Crippen molar-refractivity contribution in [2.45, 2.75) is 32.2 Å². The number of carbonyl (C=O) groups is 1. The Morgan fingerprint density at radius 2 is 2.19 bits per heavy atom. The van der Waals surface area contributed by atoms with Gasteiger partial charge >= 0.3 is 6.03 Å². The van der Waals surface area contributed by atoms with Crippen LogP contribution in [0.5, 0.6) is 0 Å². The topological polar surface area (TPSA) is 32.3 Å². The van der Waals surface area contributed by atoms with Gasteiger partial charge in [-0.25, -0.2) is 4.79 Å². The van der Waals surface area contributed by atoms with Gasteiger partial charge in [0.15, 0.2) is 0 Å². The van der Waals surface area contributed by atoms with E-state index in [0.29, 0.717) is 6.04 Å². The van der Waals surface area contributed by atoms with Gasteiger partial charge in [0.2, 0.25) is 0 Å². The maximum absolute atomic E-state index is 12.0. The van der Waals surface area contributed by atoms with Crippen LogP contribution in [0.3, 0.4) is 0 Å². The van der Waals surface area contributed by atoms with Crippen LogP contribution in [0.1, 0.15) is 26.2 Å². The second-order valence-electron chi connectivity index (χ2n) is 4.19. The Hall–Kier alpha value is -1.51. The predicted octanol–water partition coefficient (Wildman–Crippen LogP) is 3.09. The SMILES string of the molecule is CCC1CCCN1C(=O)Nc1ccccc1. The van der Waals surface area contributed by atoms with Gasteiger partial charge in [-0.15, -0.1) is 0 Å². The maximum atomic E-state index is 12.0. The molecule has 1 aromatic carbocycles. The Kier molecular flexibility index (Phi) is 3.44. The van der Waals surface area contributed by atoms with Crippen LogP contribution in [0.15, 0.2) is 30.3 Å². The van der Waals surface area contributed by atoms with Crippen molar-refractivity contribution in [3.05, 3.63) is 30.3 Å². The average Bonchev–Trinajstić information content (AvgIpc) is 2.78. The highest BCUT2D eigenvalue weighted by Crippen LogP contribution is 2.20. The Bertz CT molecular complexity index is 350. The van der Waals surface area contributed by atoms with Gasteiger partial charge in [-0.3, -0.25) is 0 Å². The molecule has 0 aliphatic carbocycles. The highest BCUT2D eigenvalue weighted by molar-refractivity contribution is 5.89. The minimum atomic E-state index is 0.0375. The molecule has 3 heteroatoms. The number of nitrogens with zero attached hydrogens (tertiary/aromatic N) is 1. The first kappa shape index (κ1) is 11.0. The summed E-state index contributed by atoms with van der Waals surface area (Å²) in [4.78, 5) is 14.0. The second kappa shape index (κ2) is 5.01. The van der Waals surface area contributed by atoms with Crippen LogP contribution in [0.25, 0.3) is 0 Å². The molecule has 1 aliphatic rings. The lowest BCUT2D eigenvalue weighted by Crippen LogP contribution is -2.38. The third kappa shape index (κ3) is 2.35. The molecule has 1 unspecified atom stereocenters. The molecular weight excluding hydrogens is 200 g/mol. The Morgan fingerprint density at radius 1 is 1.44 bits per heavy atom. The van der Waals surface area contributed by atoms with Crippen LogP contribution < -0.4 is 5.32 Å². The van der Waals surface area contributed by atoms with Crippen molar-refractivity contribution in [2.75, 3.05) is 11.9 Å². The number of likely N-dealkylation sites (tertiary alicyclic amines) is 1. The van der Waals surface area contributed by atoms with Gasteiger partial charge in [0.1, 0.15) is 0 Å². The van der Waals surface area contributed by atoms with Crippen molar-refractivity contribution >= 4 is 11.7 Å². The van der Waals surface area contributed by atoms with E-state index in [1.165, 1.54) is 0 Å². The molecule has 1 aliphatic heterocycles. The zero-order chi connectivity index (χ0) is 11.4. The predicted molar refractivity (Wildman–Crippen MR) is 65.5 cm³/mol. The number of amides is 2. The molecule has 0 spiro atoms. The van der Waals surface area contributed by atoms with Crippen LogP contribution in [-0.4, -0.2) is 23.5 Å². The van der Waals surface area contributed by atoms with Gasteiger partial charge < -0.3 is 10.2 Å². The fourth-order valence-electron chi connectivity index (χ4n) is 2.24. The molecule has 86 valence electrons. The largest absolute Gasteiger partial charge is 0.322 e. The minimum Gasteiger partial charge on any atom is -0.322 e. The molecule has 1 N–H and O–H groups in total. The number of hydrogen-bond donors (Lipinski definition) is 1. The zero-order valence-electron chi connectivity index (χ0n) is 9.65. The van der Waals surface area contributed by atoms with Gasteiger partial charge in [-0.05, 0) is 31.4 Å². The lowest BCUT2D eigenvalue weighted by atomic mass is 10.2. The van der Waals surface area contributed by atoms with Crippen LogP contribution in [-0.2, 0) is 0 Å². The van der Waals surface area contributed by atoms with Crippen molar-refractivity contribution in [3.63, 3.8) is 0 Å². The van der Waals surface area contributed by atoms with Crippen molar-refractivity contribution in [2.24, 2.45) is 0 Å². The van der Waals surface area contributed by atoms with E-state index >= 15 is 0 Å². The Morgan fingerprint density at radius 3 is 2.88 bits per heavy atom. The summed E-state index contributed by atoms with van der Waals surface area (Å²) in [7, 11) is 0. The third-order valence-electron chi connectivity index (χ3n) is 3.13. The fraction of sp³-hybridized carbons (Fsp3) is 0.462. The molecule has 2 amide bonds. The molecule has 0 bridgehead atoms. The third-order valence-corrected chi connectivity index (χ3v) is 3.13. The van der Waals surface area contributed by atoms with E-state index in [0.717, 1.165) is 31.5 Å². The summed E-state index contributed by atoms with van der Waals surface area (Å²) < 4.78 is 0. The molecule has 1 heterocycles. The van der Waals surface area contributed by atoms with E-state index in [1.54, 1.807) is 0 Å². The first-order chi connectivity index (χ1) is 7.81. The van der Waals surface area contributed by atoms with E-state index in [-0.39, 0.29) is 6.03 Å². The van der Waals surface area contributed by atoms with Crippen molar-refractivity contribution in [1.29, 1.82) is 0 Å². The number of carbonyl (C=O) groups excluding carboxylic acids is 1. The summed E-state index contributed by atoms with van der Waals surface area (Å²) in [5.74, 6) is 0. The Labute approximate surface area is 96.5 Å². The van der Waals surface area contributed by atoms with Gasteiger partial charge in [0.05, 0.1) is 0 Å². The van der Waals surface area contributed by atoms with Gasteiger partial charge in [-0.1, -0.05) is 25.1 Å². The van der Waals surface area contributed by atoms with E-state index in [1.807, 2.05) is 35.2 Å². The second-order valence-corrected chi connectivity index (χ2v) is 4.19. The molecule has 0 radical (unpaired) electrons.